The maximum atomic E-state index is 6.02. The zero-order valence-corrected chi connectivity index (χ0v) is 16.4. The standard InChI is InChI=1S/C20H22N8O/c1-12-7-16(24-23-12)20-21-9-18-15(17-5-6-22-26(17)2)8-19(25-28(18)20)27-10-13-3-4-14(11-27)29-13/h5-9,13-14H,3-4,10-11H2,1-2H3,(H,23,24)/t13-,14+. The van der Waals surface area contributed by atoms with Gasteiger partial charge in [0.25, 0.3) is 0 Å². The molecule has 0 aromatic carbocycles. The average Bonchev–Trinajstić information content (AvgIpc) is 3.49. The third-order valence-electron chi connectivity index (χ3n) is 5.89. The minimum atomic E-state index is 0.294. The average molecular weight is 390 g/mol. The molecule has 9 nitrogen and oxygen atoms in total. The Kier molecular flexibility index (Phi) is 3.55. The Morgan fingerprint density at radius 1 is 1.17 bits per heavy atom. The highest BCUT2D eigenvalue weighted by Crippen LogP contribution is 2.33. The fraction of sp³-hybridized carbons (Fsp3) is 0.400. The minimum Gasteiger partial charge on any atom is -0.371 e. The summed E-state index contributed by atoms with van der Waals surface area (Å²) in [6.07, 6.45) is 6.52. The maximum Gasteiger partial charge on any atom is 0.182 e. The van der Waals surface area contributed by atoms with Crippen LogP contribution in [0.25, 0.3) is 28.3 Å². The molecule has 29 heavy (non-hydrogen) atoms. The Morgan fingerprint density at radius 2 is 2.00 bits per heavy atom. The quantitative estimate of drug-likeness (QED) is 0.577. The number of aryl methyl sites for hydroxylation is 2. The lowest BCUT2D eigenvalue weighted by molar-refractivity contribution is 0.0301. The van der Waals surface area contributed by atoms with Gasteiger partial charge >= 0.3 is 0 Å². The molecule has 2 fully saturated rings. The first-order valence-electron chi connectivity index (χ1n) is 9.95. The number of anilines is 1. The lowest BCUT2D eigenvalue weighted by atomic mass is 10.1. The summed E-state index contributed by atoms with van der Waals surface area (Å²) >= 11 is 0. The molecule has 0 amide bonds. The number of aromatic nitrogens is 7. The molecule has 9 heteroatoms. The summed E-state index contributed by atoms with van der Waals surface area (Å²) < 4.78 is 9.81. The van der Waals surface area contributed by atoms with Crippen molar-refractivity contribution >= 4 is 11.3 Å². The summed E-state index contributed by atoms with van der Waals surface area (Å²) in [5, 5.41) is 16.7. The van der Waals surface area contributed by atoms with Crippen LogP contribution >= 0.6 is 0 Å². The van der Waals surface area contributed by atoms with Crippen LogP contribution in [-0.4, -0.2) is 59.9 Å². The van der Waals surface area contributed by atoms with E-state index in [2.05, 4.69) is 31.2 Å². The van der Waals surface area contributed by atoms with Gasteiger partial charge in [0.1, 0.15) is 11.5 Å². The zero-order chi connectivity index (χ0) is 19.5. The predicted octanol–water partition coefficient (Wildman–Crippen LogP) is 2.20. The number of morpholine rings is 1. The lowest BCUT2D eigenvalue weighted by Gasteiger charge is -2.33. The third-order valence-corrected chi connectivity index (χ3v) is 5.89. The smallest absolute Gasteiger partial charge is 0.182 e. The topological polar surface area (TPSA) is 89.2 Å². The molecule has 6 heterocycles. The number of imidazole rings is 1. The highest BCUT2D eigenvalue weighted by molar-refractivity contribution is 5.81. The van der Waals surface area contributed by atoms with E-state index in [9.17, 15) is 0 Å². The van der Waals surface area contributed by atoms with Gasteiger partial charge in [0, 0.05) is 37.6 Å². The van der Waals surface area contributed by atoms with E-state index in [4.69, 9.17) is 9.84 Å². The largest absolute Gasteiger partial charge is 0.371 e. The summed E-state index contributed by atoms with van der Waals surface area (Å²) in [4.78, 5) is 6.99. The van der Waals surface area contributed by atoms with Gasteiger partial charge in [-0.05, 0) is 38.0 Å². The van der Waals surface area contributed by atoms with Crippen molar-refractivity contribution in [3.05, 3.63) is 36.3 Å². The monoisotopic (exact) mass is 390 g/mol. The molecule has 4 aromatic rings. The van der Waals surface area contributed by atoms with E-state index in [0.717, 1.165) is 65.7 Å². The zero-order valence-electron chi connectivity index (χ0n) is 16.4. The maximum absolute atomic E-state index is 6.02. The Hall–Kier alpha value is -3.20. The first kappa shape index (κ1) is 16.7. The fourth-order valence-electron chi connectivity index (χ4n) is 4.47. The molecule has 0 radical (unpaired) electrons. The number of rotatable bonds is 3. The van der Waals surface area contributed by atoms with Gasteiger partial charge in [-0.25, -0.2) is 9.50 Å². The van der Waals surface area contributed by atoms with E-state index in [-0.39, 0.29) is 0 Å². The van der Waals surface area contributed by atoms with Crippen molar-refractivity contribution in [1.82, 2.24) is 34.6 Å². The molecule has 1 N–H and O–H groups in total. The molecule has 0 saturated carbocycles. The van der Waals surface area contributed by atoms with Crippen LogP contribution in [0.1, 0.15) is 18.5 Å². The van der Waals surface area contributed by atoms with Crippen LogP contribution in [0.15, 0.2) is 30.6 Å². The van der Waals surface area contributed by atoms with Crippen molar-refractivity contribution in [3.8, 4) is 22.8 Å². The molecule has 0 unspecified atom stereocenters. The number of hydrogen-bond acceptors (Lipinski definition) is 6. The Balaban J connectivity index is 1.55. The highest BCUT2D eigenvalue weighted by atomic mass is 16.5. The molecule has 4 aromatic heterocycles. The molecule has 2 saturated heterocycles. The highest BCUT2D eigenvalue weighted by Gasteiger charge is 2.34. The SMILES string of the molecule is Cc1cc(-c2ncc3c(-c4ccnn4C)cc(N4C[C@H]5CC[C@@H](C4)O5)nn23)n[nH]1. The first-order valence-corrected chi connectivity index (χ1v) is 9.95. The molecule has 2 aliphatic rings. The number of nitrogens with one attached hydrogen (secondary N) is 1. The number of ether oxygens (including phenoxy) is 1. The number of nitrogens with zero attached hydrogens (tertiary/aromatic N) is 7. The van der Waals surface area contributed by atoms with E-state index < -0.39 is 0 Å². The van der Waals surface area contributed by atoms with Gasteiger partial charge in [-0.1, -0.05) is 0 Å². The number of H-pyrrole nitrogens is 1. The molecule has 0 aliphatic carbocycles. The van der Waals surface area contributed by atoms with E-state index in [1.165, 1.54) is 0 Å². The fourth-order valence-corrected chi connectivity index (χ4v) is 4.47. The van der Waals surface area contributed by atoms with E-state index in [1.54, 1.807) is 0 Å². The van der Waals surface area contributed by atoms with Crippen LogP contribution in [0.5, 0.6) is 0 Å². The van der Waals surface area contributed by atoms with Crippen LogP contribution in [-0.2, 0) is 11.8 Å². The van der Waals surface area contributed by atoms with Gasteiger partial charge in [-0.15, -0.1) is 5.10 Å². The molecule has 0 spiro atoms. The van der Waals surface area contributed by atoms with Crippen molar-refractivity contribution in [2.75, 3.05) is 18.0 Å². The molecule has 6 rings (SSSR count). The van der Waals surface area contributed by atoms with Crippen molar-refractivity contribution in [1.29, 1.82) is 0 Å². The molecule has 2 aliphatic heterocycles. The van der Waals surface area contributed by atoms with Crippen LogP contribution in [0.3, 0.4) is 0 Å². The van der Waals surface area contributed by atoms with E-state index >= 15 is 0 Å². The second-order valence-electron chi connectivity index (χ2n) is 7.93. The Morgan fingerprint density at radius 3 is 2.69 bits per heavy atom. The van der Waals surface area contributed by atoms with Crippen LogP contribution in [0.2, 0.25) is 0 Å². The molecule has 2 bridgehead atoms. The lowest BCUT2D eigenvalue weighted by Crippen LogP contribution is -2.43. The van der Waals surface area contributed by atoms with E-state index in [0.29, 0.717) is 12.2 Å². The number of aromatic amines is 1. The van der Waals surface area contributed by atoms with Crippen LogP contribution in [0, 0.1) is 6.92 Å². The summed E-state index contributed by atoms with van der Waals surface area (Å²) in [6.45, 7) is 3.71. The second-order valence-corrected chi connectivity index (χ2v) is 7.93. The van der Waals surface area contributed by atoms with Gasteiger partial charge in [0.05, 0.1) is 29.6 Å². The van der Waals surface area contributed by atoms with Gasteiger partial charge in [-0.3, -0.25) is 9.78 Å². The summed E-state index contributed by atoms with van der Waals surface area (Å²) in [6, 6.07) is 6.16. The van der Waals surface area contributed by atoms with Gasteiger partial charge in [0.2, 0.25) is 0 Å². The molecule has 148 valence electrons. The number of fused-ring (bicyclic) bond motifs is 3. The molecular formula is C20H22N8O. The van der Waals surface area contributed by atoms with Crippen LogP contribution < -0.4 is 4.90 Å². The Labute approximate surface area is 167 Å². The normalized spacial score (nSPS) is 21.4. The summed E-state index contributed by atoms with van der Waals surface area (Å²) in [5.41, 5.74) is 4.79. The van der Waals surface area contributed by atoms with Gasteiger partial charge < -0.3 is 9.64 Å². The summed E-state index contributed by atoms with van der Waals surface area (Å²) in [7, 11) is 1.95. The second kappa shape index (κ2) is 6.15. The van der Waals surface area contributed by atoms with Crippen molar-refractivity contribution in [2.24, 2.45) is 7.05 Å². The summed E-state index contributed by atoms with van der Waals surface area (Å²) in [5.74, 6) is 1.66. The van der Waals surface area contributed by atoms with Crippen LogP contribution in [0.4, 0.5) is 5.82 Å². The van der Waals surface area contributed by atoms with Crippen molar-refractivity contribution < 1.29 is 4.74 Å². The van der Waals surface area contributed by atoms with Gasteiger partial charge in [-0.2, -0.15) is 10.2 Å². The Bertz CT molecular complexity index is 1190. The first-order chi connectivity index (χ1) is 14.2. The van der Waals surface area contributed by atoms with Crippen molar-refractivity contribution in [2.45, 2.75) is 32.0 Å². The molecule has 2 atom stereocenters. The molecular weight excluding hydrogens is 368 g/mol. The predicted molar refractivity (Wildman–Crippen MR) is 108 cm³/mol. The van der Waals surface area contributed by atoms with E-state index in [1.807, 2.05) is 47.7 Å². The third kappa shape index (κ3) is 2.65. The van der Waals surface area contributed by atoms with Crippen molar-refractivity contribution in [3.63, 3.8) is 0 Å². The number of hydrogen-bond donors (Lipinski definition) is 1. The van der Waals surface area contributed by atoms with Gasteiger partial charge in [0.15, 0.2) is 5.82 Å². The minimum absolute atomic E-state index is 0.294.